The maximum atomic E-state index is 13.5. The van der Waals surface area contributed by atoms with E-state index in [2.05, 4.69) is 15.9 Å². The second-order valence-electron chi connectivity index (χ2n) is 8.49. The van der Waals surface area contributed by atoms with E-state index in [1.54, 1.807) is 45.4 Å². The number of hydrogen-bond acceptors (Lipinski definition) is 3. The van der Waals surface area contributed by atoms with Crippen LogP contribution in [0.1, 0.15) is 40.2 Å². The molecule has 0 fully saturated rings. The molecule has 0 radical (unpaired) electrons. The van der Waals surface area contributed by atoms with E-state index in [-0.39, 0.29) is 30.1 Å². The average Bonchev–Trinajstić information content (AvgIpc) is 3.18. The maximum absolute atomic E-state index is 13.5. The highest BCUT2D eigenvalue weighted by molar-refractivity contribution is 9.10. The molecule has 0 aliphatic rings. The molecule has 0 bridgehead atoms. The summed E-state index contributed by atoms with van der Waals surface area (Å²) in [6, 6.07) is 15.4. The minimum Gasteiger partial charge on any atom is -0.332 e. The fourth-order valence-electron chi connectivity index (χ4n) is 3.48. The van der Waals surface area contributed by atoms with Crippen molar-refractivity contribution in [2.24, 2.45) is 5.92 Å². The number of halogens is 2. The van der Waals surface area contributed by atoms with E-state index in [1.165, 1.54) is 12.1 Å². The standard InChI is InChI=1S/C26H28BrFN2O2S/c1-18(2)14-30(26(32)21-6-8-22(27)9-7-21)17-25(31)29(16-24-19(3)12-13-33-24)15-20-4-10-23(28)11-5-20/h4-13,18H,14-17H2,1-3H3. The van der Waals surface area contributed by atoms with Crippen LogP contribution in [0, 0.1) is 18.7 Å². The van der Waals surface area contributed by atoms with Gasteiger partial charge in [0.1, 0.15) is 12.4 Å². The predicted octanol–water partition coefficient (Wildman–Crippen LogP) is 6.29. The number of thiophene rings is 1. The van der Waals surface area contributed by atoms with Gasteiger partial charge in [0.2, 0.25) is 5.91 Å². The van der Waals surface area contributed by atoms with Crippen LogP contribution in [0.3, 0.4) is 0 Å². The monoisotopic (exact) mass is 530 g/mol. The zero-order valence-corrected chi connectivity index (χ0v) is 21.5. The molecule has 0 N–H and O–H groups in total. The molecule has 0 aliphatic carbocycles. The summed E-state index contributed by atoms with van der Waals surface area (Å²) in [7, 11) is 0. The van der Waals surface area contributed by atoms with Crippen LogP contribution in [0.15, 0.2) is 64.5 Å². The number of benzene rings is 2. The second kappa shape index (κ2) is 11.6. The van der Waals surface area contributed by atoms with Gasteiger partial charge in [-0.2, -0.15) is 0 Å². The quantitative estimate of drug-likeness (QED) is 0.326. The summed E-state index contributed by atoms with van der Waals surface area (Å²) in [6.45, 7) is 7.33. The third-order valence-corrected chi connectivity index (χ3v) is 6.77. The van der Waals surface area contributed by atoms with Crippen molar-refractivity contribution in [3.63, 3.8) is 0 Å². The van der Waals surface area contributed by atoms with Crippen molar-refractivity contribution in [2.75, 3.05) is 13.1 Å². The van der Waals surface area contributed by atoms with Crippen LogP contribution in [-0.4, -0.2) is 34.7 Å². The Morgan fingerprint density at radius 2 is 1.64 bits per heavy atom. The number of aryl methyl sites for hydroxylation is 1. The molecule has 0 saturated carbocycles. The Bertz CT molecular complexity index is 1080. The molecule has 0 unspecified atom stereocenters. The Balaban J connectivity index is 1.83. The van der Waals surface area contributed by atoms with Crippen molar-refractivity contribution >= 4 is 39.1 Å². The SMILES string of the molecule is Cc1ccsc1CN(Cc1ccc(F)cc1)C(=O)CN(CC(C)C)C(=O)c1ccc(Br)cc1. The molecule has 2 aromatic carbocycles. The van der Waals surface area contributed by atoms with Gasteiger partial charge in [-0.3, -0.25) is 9.59 Å². The van der Waals surface area contributed by atoms with Gasteiger partial charge < -0.3 is 9.80 Å². The van der Waals surface area contributed by atoms with Gasteiger partial charge in [-0.1, -0.05) is 41.9 Å². The molecular formula is C26H28BrFN2O2S. The lowest BCUT2D eigenvalue weighted by atomic mass is 10.1. The fourth-order valence-corrected chi connectivity index (χ4v) is 4.67. The van der Waals surface area contributed by atoms with Crippen molar-refractivity contribution in [1.82, 2.24) is 9.80 Å². The summed E-state index contributed by atoms with van der Waals surface area (Å²) >= 11 is 5.00. The zero-order chi connectivity index (χ0) is 24.0. The number of nitrogens with zero attached hydrogens (tertiary/aromatic N) is 2. The summed E-state index contributed by atoms with van der Waals surface area (Å²) in [5.41, 5.74) is 2.52. The summed E-state index contributed by atoms with van der Waals surface area (Å²) < 4.78 is 14.3. The molecule has 0 aliphatic heterocycles. The Labute approximate surface area is 207 Å². The lowest BCUT2D eigenvalue weighted by Gasteiger charge is -2.29. The van der Waals surface area contributed by atoms with Gasteiger partial charge in [0, 0.05) is 28.0 Å². The number of amides is 2. The highest BCUT2D eigenvalue weighted by Crippen LogP contribution is 2.20. The largest absolute Gasteiger partial charge is 0.332 e. The minimum atomic E-state index is -0.311. The average molecular weight is 531 g/mol. The van der Waals surface area contributed by atoms with Gasteiger partial charge in [-0.05, 0) is 71.8 Å². The Morgan fingerprint density at radius 1 is 0.970 bits per heavy atom. The highest BCUT2D eigenvalue weighted by Gasteiger charge is 2.24. The third kappa shape index (κ3) is 7.24. The summed E-state index contributed by atoms with van der Waals surface area (Å²) in [4.78, 5) is 31.2. The van der Waals surface area contributed by atoms with E-state index in [1.807, 2.05) is 44.4 Å². The minimum absolute atomic E-state index is 0.0152. The first-order valence-corrected chi connectivity index (χ1v) is 12.5. The molecular weight excluding hydrogens is 503 g/mol. The van der Waals surface area contributed by atoms with Gasteiger partial charge in [0.05, 0.1) is 6.54 Å². The van der Waals surface area contributed by atoms with Gasteiger partial charge in [-0.15, -0.1) is 11.3 Å². The van der Waals surface area contributed by atoms with Crippen LogP contribution in [-0.2, 0) is 17.9 Å². The van der Waals surface area contributed by atoms with Crippen LogP contribution < -0.4 is 0 Å². The van der Waals surface area contributed by atoms with Gasteiger partial charge in [0.15, 0.2) is 0 Å². The molecule has 3 rings (SSSR count). The highest BCUT2D eigenvalue weighted by atomic mass is 79.9. The molecule has 1 aromatic heterocycles. The van der Waals surface area contributed by atoms with Crippen molar-refractivity contribution < 1.29 is 14.0 Å². The first-order chi connectivity index (χ1) is 15.7. The Kier molecular flexibility index (Phi) is 8.80. The van der Waals surface area contributed by atoms with Crippen LogP contribution >= 0.6 is 27.3 Å². The van der Waals surface area contributed by atoms with E-state index in [0.29, 0.717) is 25.2 Å². The molecule has 33 heavy (non-hydrogen) atoms. The van der Waals surface area contributed by atoms with E-state index in [4.69, 9.17) is 0 Å². The van der Waals surface area contributed by atoms with Crippen LogP contribution in [0.4, 0.5) is 4.39 Å². The van der Waals surface area contributed by atoms with Crippen molar-refractivity contribution in [2.45, 2.75) is 33.9 Å². The lowest BCUT2D eigenvalue weighted by Crippen LogP contribution is -2.43. The van der Waals surface area contributed by atoms with Crippen LogP contribution in [0.2, 0.25) is 0 Å². The molecule has 3 aromatic rings. The molecule has 1 heterocycles. The topological polar surface area (TPSA) is 40.6 Å². The van der Waals surface area contributed by atoms with E-state index >= 15 is 0 Å². The number of carbonyl (C=O) groups is 2. The van der Waals surface area contributed by atoms with Gasteiger partial charge >= 0.3 is 0 Å². The fraction of sp³-hybridized carbons (Fsp3) is 0.308. The van der Waals surface area contributed by atoms with Gasteiger partial charge in [0.25, 0.3) is 5.91 Å². The summed E-state index contributed by atoms with van der Waals surface area (Å²) in [5.74, 6) is -0.409. The third-order valence-electron chi connectivity index (χ3n) is 5.23. The molecule has 174 valence electrons. The zero-order valence-electron chi connectivity index (χ0n) is 19.1. The molecule has 7 heteroatoms. The normalized spacial score (nSPS) is 11.0. The predicted molar refractivity (Wildman–Crippen MR) is 135 cm³/mol. The molecule has 2 amide bonds. The first kappa shape index (κ1) is 25.1. The first-order valence-electron chi connectivity index (χ1n) is 10.8. The number of rotatable bonds is 9. The summed E-state index contributed by atoms with van der Waals surface area (Å²) in [6.07, 6.45) is 0. The van der Waals surface area contributed by atoms with E-state index in [9.17, 15) is 14.0 Å². The smallest absolute Gasteiger partial charge is 0.254 e. The van der Waals surface area contributed by atoms with Gasteiger partial charge in [-0.25, -0.2) is 4.39 Å². The Morgan fingerprint density at radius 3 is 2.21 bits per heavy atom. The van der Waals surface area contributed by atoms with E-state index in [0.717, 1.165) is 20.5 Å². The number of hydrogen-bond donors (Lipinski definition) is 0. The van der Waals surface area contributed by atoms with Crippen molar-refractivity contribution in [1.29, 1.82) is 0 Å². The lowest BCUT2D eigenvalue weighted by molar-refractivity contribution is -0.133. The molecule has 4 nitrogen and oxygen atoms in total. The van der Waals surface area contributed by atoms with Crippen LogP contribution in [0.25, 0.3) is 0 Å². The number of carbonyl (C=O) groups excluding carboxylic acids is 2. The van der Waals surface area contributed by atoms with Crippen LogP contribution in [0.5, 0.6) is 0 Å². The second-order valence-corrected chi connectivity index (χ2v) is 10.4. The molecule has 0 atom stereocenters. The summed E-state index contributed by atoms with van der Waals surface area (Å²) in [5, 5.41) is 2.01. The Hall–Kier alpha value is -2.51. The molecule has 0 saturated heterocycles. The van der Waals surface area contributed by atoms with Crippen molar-refractivity contribution in [3.05, 3.63) is 91.8 Å². The maximum Gasteiger partial charge on any atom is 0.254 e. The van der Waals surface area contributed by atoms with E-state index < -0.39 is 0 Å². The molecule has 0 spiro atoms. The van der Waals surface area contributed by atoms with Crippen molar-refractivity contribution in [3.8, 4) is 0 Å².